The molecular formula is C11H19NO3. The van der Waals surface area contributed by atoms with Crippen LogP contribution in [0.2, 0.25) is 0 Å². The first-order valence-corrected chi connectivity index (χ1v) is 5.57. The topological polar surface area (TPSA) is 42.1 Å². The lowest BCUT2D eigenvalue weighted by molar-refractivity contribution is 0.0120. The molecule has 0 spiro atoms. The van der Waals surface area contributed by atoms with Crippen molar-refractivity contribution in [2.24, 2.45) is 0 Å². The third kappa shape index (κ3) is 2.09. The van der Waals surface area contributed by atoms with Crippen LogP contribution >= 0.6 is 0 Å². The molecule has 2 aliphatic rings. The van der Waals surface area contributed by atoms with Gasteiger partial charge in [0.2, 0.25) is 0 Å². The van der Waals surface area contributed by atoms with Gasteiger partial charge in [-0.05, 0) is 27.2 Å². The molecule has 0 N–H and O–H groups in total. The van der Waals surface area contributed by atoms with Crippen molar-refractivity contribution < 1.29 is 14.3 Å². The van der Waals surface area contributed by atoms with Crippen LogP contribution in [0.4, 0.5) is 4.79 Å². The van der Waals surface area contributed by atoms with E-state index in [9.17, 15) is 4.79 Å². The molecule has 0 aromatic heterocycles. The quantitative estimate of drug-likeness (QED) is 0.623. The number of morpholine rings is 1. The normalized spacial score (nSPS) is 33.9. The van der Waals surface area contributed by atoms with Crippen LogP contribution in [0.3, 0.4) is 0 Å². The Hall–Kier alpha value is -0.770. The molecule has 0 aromatic carbocycles. The summed E-state index contributed by atoms with van der Waals surface area (Å²) in [6.07, 6.45) is 1.26. The number of hydrogen-bond acceptors (Lipinski definition) is 3. The van der Waals surface area contributed by atoms with Gasteiger partial charge < -0.3 is 9.47 Å². The molecule has 2 aliphatic heterocycles. The van der Waals surface area contributed by atoms with Crippen molar-refractivity contribution in [3.63, 3.8) is 0 Å². The number of epoxide rings is 1. The van der Waals surface area contributed by atoms with E-state index in [-0.39, 0.29) is 24.3 Å². The van der Waals surface area contributed by atoms with E-state index in [1.165, 1.54) is 0 Å². The highest BCUT2D eigenvalue weighted by Gasteiger charge is 2.55. The lowest BCUT2D eigenvalue weighted by Gasteiger charge is -2.29. The van der Waals surface area contributed by atoms with E-state index in [4.69, 9.17) is 9.47 Å². The van der Waals surface area contributed by atoms with Crippen LogP contribution in [0.25, 0.3) is 0 Å². The minimum Gasteiger partial charge on any atom is -0.444 e. The van der Waals surface area contributed by atoms with E-state index >= 15 is 0 Å². The van der Waals surface area contributed by atoms with E-state index in [0.717, 1.165) is 6.42 Å². The van der Waals surface area contributed by atoms with Gasteiger partial charge in [0, 0.05) is 0 Å². The smallest absolute Gasteiger partial charge is 0.410 e. The molecule has 0 radical (unpaired) electrons. The highest BCUT2D eigenvalue weighted by Crippen LogP contribution is 2.38. The Morgan fingerprint density at radius 2 is 2.20 bits per heavy atom. The van der Waals surface area contributed by atoms with Gasteiger partial charge in [-0.3, -0.25) is 4.90 Å². The Kier molecular flexibility index (Phi) is 2.41. The zero-order valence-electron chi connectivity index (χ0n) is 9.82. The SMILES string of the molecule is CCC1C2OC2CN1C(=O)OC(C)(C)C. The highest BCUT2D eigenvalue weighted by molar-refractivity contribution is 5.69. The van der Waals surface area contributed by atoms with Crippen LogP contribution in [-0.4, -0.2) is 41.4 Å². The molecule has 0 aliphatic carbocycles. The fourth-order valence-electron chi connectivity index (χ4n) is 2.13. The number of carbonyl (C=O) groups is 1. The third-order valence-electron chi connectivity index (χ3n) is 2.82. The van der Waals surface area contributed by atoms with Crippen molar-refractivity contribution in [2.75, 3.05) is 6.54 Å². The van der Waals surface area contributed by atoms with E-state index in [1.54, 1.807) is 0 Å². The summed E-state index contributed by atoms with van der Waals surface area (Å²) in [5.41, 5.74) is -0.414. The highest BCUT2D eigenvalue weighted by atomic mass is 16.6. The molecule has 2 heterocycles. The molecule has 0 bridgehead atoms. The lowest BCUT2D eigenvalue weighted by atomic mass is 10.1. The molecule has 86 valence electrons. The maximum Gasteiger partial charge on any atom is 0.410 e. The molecule has 1 amide bonds. The number of amides is 1. The molecule has 3 atom stereocenters. The summed E-state index contributed by atoms with van der Waals surface area (Å²) in [5, 5.41) is 0. The Labute approximate surface area is 90.5 Å². The molecule has 2 saturated heterocycles. The molecule has 4 nitrogen and oxygen atoms in total. The summed E-state index contributed by atoms with van der Waals surface area (Å²) in [6, 6.07) is 0.213. The second-order valence-corrected chi connectivity index (χ2v) is 5.25. The number of nitrogens with zero attached hydrogens (tertiary/aromatic N) is 1. The van der Waals surface area contributed by atoms with Gasteiger partial charge in [0.1, 0.15) is 17.8 Å². The first-order chi connectivity index (χ1) is 6.92. The van der Waals surface area contributed by atoms with Gasteiger partial charge in [-0.25, -0.2) is 4.79 Å². The van der Waals surface area contributed by atoms with Crippen LogP contribution in [0.1, 0.15) is 34.1 Å². The van der Waals surface area contributed by atoms with Gasteiger partial charge in [-0.2, -0.15) is 0 Å². The minimum absolute atomic E-state index is 0.204. The van der Waals surface area contributed by atoms with Crippen molar-refractivity contribution in [3.8, 4) is 0 Å². The molecule has 15 heavy (non-hydrogen) atoms. The third-order valence-corrected chi connectivity index (χ3v) is 2.82. The van der Waals surface area contributed by atoms with Gasteiger partial charge in [-0.1, -0.05) is 6.92 Å². The number of ether oxygens (including phenoxy) is 2. The Balaban J connectivity index is 1.96. The van der Waals surface area contributed by atoms with E-state index in [0.29, 0.717) is 6.54 Å². The second-order valence-electron chi connectivity index (χ2n) is 5.25. The number of fused-ring (bicyclic) bond motifs is 1. The number of likely N-dealkylation sites (tertiary alicyclic amines) is 1. The fraction of sp³-hybridized carbons (Fsp3) is 0.909. The molecular weight excluding hydrogens is 194 g/mol. The van der Waals surface area contributed by atoms with Crippen LogP contribution in [0, 0.1) is 0 Å². The minimum atomic E-state index is -0.414. The predicted molar refractivity (Wildman–Crippen MR) is 55.7 cm³/mol. The van der Waals surface area contributed by atoms with Crippen LogP contribution in [0.15, 0.2) is 0 Å². The molecule has 2 fully saturated rings. The maximum atomic E-state index is 11.8. The van der Waals surface area contributed by atoms with Gasteiger partial charge in [0.15, 0.2) is 0 Å². The number of rotatable bonds is 1. The van der Waals surface area contributed by atoms with Crippen molar-refractivity contribution in [2.45, 2.75) is 58.0 Å². The fourth-order valence-corrected chi connectivity index (χ4v) is 2.13. The van der Waals surface area contributed by atoms with Gasteiger partial charge in [0.25, 0.3) is 0 Å². The van der Waals surface area contributed by atoms with Crippen LogP contribution in [-0.2, 0) is 9.47 Å². The summed E-state index contributed by atoms with van der Waals surface area (Å²) >= 11 is 0. The summed E-state index contributed by atoms with van der Waals surface area (Å²) in [7, 11) is 0. The van der Waals surface area contributed by atoms with Gasteiger partial charge >= 0.3 is 6.09 Å². The largest absolute Gasteiger partial charge is 0.444 e. The lowest BCUT2D eigenvalue weighted by Crippen LogP contribution is -2.42. The van der Waals surface area contributed by atoms with Crippen molar-refractivity contribution in [1.29, 1.82) is 0 Å². The molecule has 0 saturated carbocycles. The molecule has 3 unspecified atom stereocenters. The summed E-state index contributed by atoms with van der Waals surface area (Å²) in [6.45, 7) is 8.43. The summed E-state index contributed by atoms with van der Waals surface area (Å²) in [4.78, 5) is 13.7. The van der Waals surface area contributed by atoms with Crippen molar-refractivity contribution in [1.82, 2.24) is 4.90 Å². The van der Waals surface area contributed by atoms with Gasteiger partial charge in [-0.15, -0.1) is 0 Å². The second kappa shape index (κ2) is 3.37. The molecule has 4 heteroatoms. The average molecular weight is 213 g/mol. The predicted octanol–water partition coefficient (Wildman–Crippen LogP) is 1.78. The van der Waals surface area contributed by atoms with Crippen LogP contribution < -0.4 is 0 Å². The zero-order chi connectivity index (χ0) is 11.2. The zero-order valence-corrected chi connectivity index (χ0v) is 9.82. The molecule has 0 aromatic rings. The summed E-state index contributed by atoms with van der Waals surface area (Å²) < 4.78 is 10.8. The Morgan fingerprint density at radius 3 is 2.73 bits per heavy atom. The first kappa shape index (κ1) is 10.7. The van der Waals surface area contributed by atoms with Gasteiger partial charge in [0.05, 0.1) is 12.6 Å². The average Bonchev–Trinajstić information content (AvgIpc) is 2.75. The summed E-state index contributed by atoms with van der Waals surface area (Å²) in [5.74, 6) is 0. The Bertz CT molecular complexity index is 271. The maximum absolute atomic E-state index is 11.8. The van der Waals surface area contributed by atoms with Crippen molar-refractivity contribution >= 4 is 6.09 Å². The molecule has 2 rings (SSSR count). The number of hydrogen-bond donors (Lipinski definition) is 0. The first-order valence-electron chi connectivity index (χ1n) is 5.57. The van der Waals surface area contributed by atoms with E-state index in [2.05, 4.69) is 6.92 Å². The number of carbonyl (C=O) groups excluding carboxylic acids is 1. The van der Waals surface area contributed by atoms with Crippen LogP contribution in [0.5, 0.6) is 0 Å². The van der Waals surface area contributed by atoms with E-state index < -0.39 is 5.60 Å². The Morgan fingerprint density at radius 1 is 1.53 bits per heavy atom. The van der Waals surface area contributed by atoms with E-state index in [1.807, 2.05) is 25.7 Å². The van der Waals surface area contributed by atoms with Crippen molar-refractivity contribution in [3.05, 3.63) is 0 Å². The standard InChI is InChI=1S/C11H19NO3/c1-5-7-9-8(14-9)6-12(7)10(13)15-11(2,3)4/h7-9H,5-6H2,1-4H3. The monoisotopic (exact) mass is 213 g/mol.